The fraction of sp³-hybridized carbons (Fsp3) is 1.00. The quantitative estimate of drug-likeness (QED) is 0.555. The number of ether oxygens (including phenoxy) is 1. The Kier molecular flexibility index (Phi) is 6.62. The molecule has 0 bridgehead atoms. The number of thioether (sulfide) groups is 1. The summed E-state index contributed by atoms with van der Waals surface area (Å²) in [7, 11) is 0. The molecule has 0 aromatic rings. The predicted molar refractivity (Wildman–Crippen MR) is 86.9 cm³/mol. The van der Waals surface area contributed by atoms with Crippen molar-refractivity contribution >= 4 is 11.8 Å². The molecule has 2 aliphatic rings. The number of nitrogens with one attached hydrogen (secondary N) is 1. The molecular formula is C15H31N3OS. The lowest BCUT2D eigenvalue weighted by molar-refractivity contribution is -0.0858. The number of nitrogens with two attached hydrogens (primary N) is 1. The minimum absolute atomic E-state index is 0.165. The first-order chi connectivity index (χ1) is 9.73. The molecule has 2 saturated heterocycles. The van der Waals surface area contributed by atoms with Crippen molar-refractivity contribution < 1.29 is 4.74 Å². The van der Waals surface area contributed by atoms with Crippen LogP contribution in [0.15, 0.2) is 0 Å². The molecule has 5 heteroatoms. The van der Waals surface area contributed by atoms with Gasteiger partial charge in [0.25, 0.3) is 0 Å². The van der Waals surface area contributed by atoms with E-state index in [1.807, 2.05) is 11.8 Å². The number of hydrogen-bond donors (Lipinski definition) is 2. The topological polar surface area (TPSA) is 50.5 Å². The van der Waals surface area contributed by atoms with Crippen molar-refractivity contribution in [2.45, 2.75) is 51.2 Å². The highest BCUT2D eigenvalue weighted by molar-refractivity contribution is 7.99. The SMILES string of the molecule is CCN(CC)CCC(NN)C1CCOC2(CCSC2)C1. The third-order valence-corrected chi connectivity index (χ3v) is 6.26. The average molecular weight is 302 g/mol. The van der Waals surface area contributed by atoms with Crippen LogP contribution in [0.4, 0.5) is 0 Å². The van der Waals surface area contributed by atoms with Crippen LogP contribution in [0.25, 0.3) is 0 Å². The lowest BCUT2D eigenvalue weighted by atomic mass is 9.80. The molecule has 2 heterocycles. The van der Waals surface area contributed by atoms with E-state index >= 15 is 0 Å². The molecule has 0 amide bonds. The van der Waals surface area contributed by atoms with Crippen LogP contribution in [-0.2, 0) is 4.74 Å². The monoisotopic (exact) mass is 301 g/mol. The van der Waals surface area contributed by atoms with Gasteiger partial charge in [0, 0.05) is 18.4 Å². The Balaban J connectivity index is 1.86. The standard InChI is InChI=1S/C15H31N3OS/c1-3-18(4-2)8-5-14(17-16)13-6-9-19-15(11-13)7-10-20-12-15/h13-14,17H,3-12,16H2,1-2H3. The van der Waals surface area contributed by atoms with Gasteiger partial charge in [-0.2, -0.15) is 11.8 Å². The van der Waals surface area contributed by atoms with E-state index in [4.69, 9.17) is 10.6 Å². The van der Waals surface area contributed by atoms with Gasteiger partial charge < -0.3 is 9.64 Å². The van der Waals surface area contributed by atoms with Gasteiger partial charge in [-0.3, -0.25) is 11.3 Å². The molecule has 2 aliphatic heterocycles. The average Bonchev–Trinajstić information content (AvgIpc) is 2.92. The van der Waals surface area contributed by atoms with Crippen molar-refractivity contribution in [2.75, 3.05) is 37.7 Å². The molecule has 2 rings (SSSR count). The van der Waals surface area contributed by atoms with Crippen LogP contribution in [0.2, 0.25) is 0 Å². The van der Waals surface area contributed by atoms with E-state index in [2.05, 4.69) is 24.2 Å². The highest BCUT2D eigenvalue weighted by Crippen LogP contribution is 2.41. The molecule has 0 aromatic heterocycles. The molecule has 0 radical (unpaired) electrons. The fourth-order valence-electron chi connectivity index (χ4n) is 3.59. The highest BCUT2D eigenvalue weighted by Gasteiger charge is 2.42. The minimum atomic E-state index is 0.165. The van der Waals surface area contributed by atoms with Gasteiger partial charge in [-0.1, -0.05) is 13.8 Å². The molecule has 3 atom stereocenters. The Morgan fingerprint density at radius 3 is 2.85 bits per heavy atom. The van der Waals surface area contributed by atoms with Crippen molar-refractivity contribution in [3.05, 3.63) is 0 Å². The van der Waals surface area contributed by atoms with Gasteiger partial charge in [0.1, 0.15) is 0 Å². The number of rotatable bonds is 7. The van der Waals surface area contributed by atoms with E-state index in [0.717, 1.165) is 39.1 Å². The molecule has 20 heavy (non-hydrogen) atoms. The third-order valence-electron chi connectivity index (χ3n) is 5.03. The molecule has 3 unspecified atom stereocenters. The normalized spacial score (nSPS) is 32.1. The van der Waals surface area contributed by atoms with Crippen LogP contribution >= 0.6 is 11.8 Å². The lowest BCUT2D eigenvalue weighted by Gasteiger charge is -2.41. The highest BCUT2D eigenvalue weighted by atomic mass is 32.2. The predicted octanol–water partition coefficient (Wildman–Crippen LogP) is 1.85. The minimum Gasteiger partial charge on any atom is -0.374 e. The molecule has 118 valence electrons. The smallest absolute Gasteiger partial charge is 0.0783 e. The van der Waals surface area contributed by atoms with E-state index in [1.54, 1.807) is 0 Å². The van der Waals surface area contributed by atoms with E-state index in [1.165, 1.54) is 24.3 Å². The first kappa shape index (κ1) is 16.6. The van der Waals surface area contributed by atoms with Gasteiger partial charge in [0.2, 0.25) is 0 Å². The zero-order valence-electron chi connectivity index (χ0n) is 13.1. The van der Waals surface area contributed by atoms with Crippen LogP contribution in [0.3, 0.4) is 0 Å². The molecule has 3 N–H and O–H groups in total. The van der Waals surface area contributed by atoms with Gasteiger partial charge in [0.05, 0.1) is 5.60 Å². The van der Waals surface area contributed by atoms with Crippen molar-refractivity contribution in [3.8, 4) is 0 Å². The Hall–Kier alpha value is 0.190. The summed E-state index contributed by atoms with van der Waals surface area (Å²) in [5, 5.41) is 0. The van der Waals surface area contributed by atoms with Crippen molar-refractivity contribution in [2.24, 2.45) is 11.8 Å². The van der Waals surface area contributed by atoms with Crippen molar-refractivity contribution in [1.29, 1.82) is 0 Å². The summed E-state index contributed by atoms with van der Waals surface area (Å²) in [6.45, 7) is 8.76. The lowest BCUT2D eigenvalue weighted by Crippen LogP contribution is -2.49. The van der Waals surface area contributed by atoms with E-state index in [-0.39, 0.29) is 5.60 Å². The molecule has 0 saturated carbocycles. The first-order valence-electron chi connectivity index (χ1n) is 8.13. The Bertz CT molecular complexity index is 280. The molecular weight excluding hydrogens is 270 g/mol. The summed E-state index contributed by atoms with van der Waals surface area (Å²) in [6, 6.07) is 0.432. The van der Waals surface area contributed by atoms with Gasteiger partial charge >= 0.3 is 0 Å². The Morgan fingerprint density at radius 1 is 1.45 bits per heavy atom. The molecule has 4 nitrogen and oxygen atoms in total. The molecule has 0 aromatic carbocycles. The molecule has 2 fully saturated rings. The van der Waals surface area contributed by atoms with Crippen LogP contribution in [0.5, 0.6) is 0 Å². The zero-order chi connectivity index (χ0) is 14.4. The second kappa shape index (κ2) is 7.99. The van der Waals surface area contributed by atoms with E-state index in [0.29, 0.717) is 12.0 Å². The first-order valence-corrected chi connectivity index (χ1v) is 9.28. The number of hydrogen-bond acceptors (Lipinski definition) is 5. The maximum Gasteiger partial charge on any atom is 0.0783 e. The summed E-state index contributed by atoms with van der Waals surface area (Å²) in [4.78, 5) is 2.48. The molecule has 1 spiro atoms. The maximum atomic E-state index is 6.12. The van der Waals surface area contributed by atoms with Crippen LogP contribution in [-0.4, -0.2) is 54.3 Å². The third kappa shape index (κ3) is 4.10. The largest absolute Gasteiger partial charge is 0.374 e. The summed E-state index contributed by atoms with van der Waals surface area (Å²) in [5.74, 6) is 8.95. The van der Waals surface area contributed by atoms with E-state index in [9.17, 15) is 0 Å². The second-order valence-electron chi connectivity index (χ2n) is 6.18. The summed E-state index contributed by atoms with van der Waals surface area (Å²) in [5.41, 5.74) is 3.26. The van der Waals surface area contributed by atoms with Crippen molar-refractivity contribution in [3.63, 3.8) is 0 Å². The van der Waals surface area contributed by atoms with Crippen LogP contribution in [0.1, 0.15) is 39.5 Å². The van der Waals surface area contributed by atoms with E-state index < -0.39 is 0 Å². The van der Waals surface area contributed by atoms with Gasteiger partial charge in [-0.05, 0) is 57.0 Å². The maximum absolute atomic E-state index is 6.12. The summed E-state index contributed by atoms with van der Waals surface area (Å²) >= 11 is 2.04. The summed E-state index contributed by atoms with van der Waals surface area (Å²) < 4.78 is 6.12. The van der Waals surface area contributed by atoms with Crippen molar-refractivity contribution in [1.82, 2.24) is 10.3 Å². The van der Waals surface area contributed by atoms with Gasteiger partial charge in [-0.25, -0.2) is 0 Å². The molecule has 0 aliphatic carbocycles. The Labute approximate surface area is 128 Å². The van der Waals surface area contributed by atoms with Gasteiger partial charge in [0.15, 0.2) is 0 Å². The van der Waals surface area contributed by atoms with Crippen LogP contribution < -0.4 is 11.3 Å². The van der Waals surface area contributed by atoms with Gasteiger partial charge in [-0.15, -0.1) is 0 Å². The van der Waals surface area contributed by atoms with Crippen LogP contribution in [0, 0.1) is 5.92 Å². The fourth-order valence-corrected chi connectivity index (χ4v) is 4.97. The summed E-state index contributed by atoms with van der Waals surface area (Å²) in [6.07, 6.45) is 4.71. The number of hydrazine groups is 1. The Morgan fingerprint density at radius 2 is 2.25 bits per heavy atom. The zero-order valence-corrected chi connectivity index (χ0v) is 13.9. The number of nitrogens with zero attached hydrogens (tertiary/aromatic N) is 1. The second-order valence-corrected chi connectivity index (χ2v) is 7.28.